The van der Waals surface area contributed by atoms with Crippen LogP contribution in [0.15, 0.2) is 24.3 Å². The average molecular weight is 357 g/mol. The van der Waals surface area contributed by atoms with E-state index < -0.39 is 0 Å². The Hall–Kier alpha value is -1.88. The number of benzene rings is 1. The van der Waals surface area contributed by atoms with E-state index in [-0.39, 0.29) is 12.0 Å². The second-order valence-corrected chi connectivity index (χ2v) is 7.13. The Bertz CT molecular complexity index is 704. The first-order chi connectivity index (χ1) is 12.8. The second kappa shape index (κ2) is 9.72. The van der Waals surface area contributed by atoms with Gasteiger partial charge >= 0.3 is 0 Å². The highest BCUT2D eigenvalue weighted by atomic mass is 16.5. The van der Waals surface area contributed by atoms with Crippen LogP contribution in [0.5, 0.6) is 0 Å². The maximum absolute atomic E-state index is 11.9. The van der Waals surface area contributed by atoms with Gasteiger partial charge in [0.05, 0.1) is 11.0 Å². The minimum Gasteiger partial charge on any atom is -0.368 e. The average Bonchev–Trinajstić information content (AvgIpc) is 3.30. The summed E-state index contributed by atoms with van der Waals surface area (Å²) in [5.74, 6) is 1.26. The Kier molecular flexibility index (Phi) is 7.06. The summed E-state index contributed by atoms with van der Waals surface area (Å²) in [5, 5.41) is 3.00. The van der Waals surface area contributed by atoms with E-state index in [4.69, 9.17) is 9.72 Å². The van der Waals surface area contributed by atoms with E-state index in [9.17, 15) is 4.79 Å². The molecule has 0 radical (unpaired) electrons. The SMILES string of the molecule is CCCCn1c(CCCCCNC(=O)C2CCCO2)nc2ccccc21. The summed E-state index contributed by atoms with van der Waals surface area (Å²) in [6.07, 6.45) is 8.23. The fourth-order valence-electron chi connectivity index (χ4n) is 3.58. The molecule has 3 rings (SSSR count). The maximum atomic E-state index is 11.9. The fraction of sp³-hybridized carbons (Fsp3) is 0.619. The van der Waals surface area contributed by atoms with Crippen LogP contribution in [-0.2, 0) is 22.5 Å². The highest BCUT2D eigenvalue weighted by molar-refractivity contribution is 5.80. The van der Waals surface area contributed by atoms with Crippen LogP contribution in [0.1, 0.15) is 57.7 Å². The zero-order valence-electron chi connectivity index (χ0n) is 15.9. The Labute approximate surface area is 156 Å². The molecular formula is C21H31N3O2. The van der Waals surface area contributed by atoms with Crippen molar-refractivity contribution >= 4 is 16.9 Å². The number of nitrogens with one attached hydrogen (secondary N) is 1. The summed E-state index contributed by atoms with van der Waals surface area (Å²) in [6, 6.07) is 8.41. The van der Waals surface area contributed by atoms with E-state index in [1.807, 2.05) is 0 Å². The number of aromatic nitrogens is 2. The van der Waals surface area contributed by atoms with E-state index in [2.05, 4.69) is 41.1 Å². The van der Waals surface area contributed by atoms with Gasteiger partial charge in [-0.05, 0) is 44.2 Å². The fourth-order valence-corrected chi connectivity index (χ4v) is 3.58. The molecule has 1 amide bonds. The zero-order valence-corrected chi connectivity index (χ0v) is 15.9. The number of para-hydroxylation sites is 2. The van der Waals surface area contributed by atoms with Gasteiger partial charge in [-0.15, -0.1) is 0 Å². The van der Waals surface area contributed by atoms with Crippen LogP contribution in [-0.4, -0.2) is 34.7 Å². The molecule has 1 fully saturated rings. The molecule has 2 heterocycles. The van der Waals surface area contributed by atoms with Crippen molar-refractivity contribution < 1.29 is 9.53 Å². The van der Waals surface area contributed by atoms with Crippen molar-refractivity contribution in [1.82, 2.24) is 14.9 Å². The molecule has 1 N–H and O–H groups in total. The van der Waals surface area contributed by atoms with Gasteiger partial charge < -0.3 is 14.6 Å². The van der Waals surface area contributed by atoms with E-state index in [1.165, 1.54) is 24.2 Å². The van der Waals surface area contributed by atoms with Crippen molar-refractivity contribution in [2.24, 2.45) is 0 Å². The standard InChI is InChI=1S/C21H31N3O2/c1-2-3-15-24-18-11-7-6-10-17(18)23-20(24)13-5-4-8-14-22-21(25)19-12-9-16-26-19/h6-7,10-11,19H,2-5,8-9,12-16H2,1H3,(H,22,25). The lowest BCUT2D eigenvalue weighted by molar-refractivity contribution is -0.130. The van der Waals surface area contributed by atoms with Gasteiger partial charge in [0.2, 0.25) is 5.91 Å². The first-order valence-electron chi connectivity index (χ1n) is 10.1. The van der Waals surface area contributed by atoms with Gasteiger partial charge in [0, 0.05) is 26.1 Å². The number of carbonyl (C=O) groups is 1. The topological polar surface area (TPSA) is 56.2 Å². The molecule has 1 aromatic heterocycles. The van der Waals surface area contributed by atoms with Crippen molar-refractivity contribution in [2.75, 3.05) is 13.2 Å². The number of hydrogen-bond donors (Lipinski definition) is 1. The summed E-state index contributed by atoms with van der Waals surface area (Å²) in [6.45, 7) is 4.73. The highest BCUT2D eigenvalue weighted by Crippen LogP contribution is 2.18. The molecule has 0 bridgehead atoms. The molecule has 2 aromatic rings. The van der Waals surface area contributed by atoms with Crippen molar-refractivity contribution in [3.8, 4) is 0 Å². The van der Waals surface area contributed by atoms with Crippen molar-refractivity contribution in [3.63, 3.8) is 0 Å². The molecule has 0 aliphatic carbocycles. The number of amides is 1. The van der Waals surface area contributed by atoms with Crippen LogP contribution in [0.3, 0.4) is 0 Å². The van der Waals surface area contributed by atoms with Crippen molar-refractivity contribution in [3.05, 3.63) is 30.1 Å². The third kappa shape index (κ3) is 4.85. The smallest absolute Gasteiger partial charge is 0.249 e. The van der Waals surface area contributed by atoms with Crippen LogP contribution in [0, 0.1) is 0 Å². The second-order valence-electron chi connectivity index (χ2n) is 7.13. The molecule has 1 aliphatic rings. The van der Waals surface area contributed by atoms with E-state index in [0.717, 1.165) is 63.7 Å². The molecule has 0 saturated carbocycles. The predicted octanol–water partition coefficient (Wildman–Crippen LogP) is 3.84. The van der Waals surface area contributed by atoms with E-state index >= 15 is 0 Å². The van der Waals surface area contributed by atoms with Crippen LogP contribution in [0.2, 0.25) is 0 Å². The Morgan fingerprint density at radius 3 is 2.96 bits per heavy atom. The van der Waals surface area contributed by atoms with Crippen LogP contribution >= 0.6 is 0 Å². The molecule has 1 saturated heterocycles. The van der Waals surface area contributed by atoms with Gasteiger partial charge in [-0.3, -0.25) is 4.79 Å². The molecule has 0 spiro atoms. The third-order valence-electron chi connectivity index (χ3n) is 5.07. The number of imidazole rings is 1. The number of ether oxygens (including phenoxy) is 1. The molecule has 26 heavy (non-hydrogen) atoms. The number of hydrogen-bond acceptors (Lipinski definition) is 3. The van der Waals surface area contributed by atoms with Crippen LogP contribution in [0.4, 0.5) is 0 Å². The minimum atomic E-state index is -0.214. The quantitative estimate of drug-likeness (QED) is 0.657. The molecule has 1 aromatic carbocycles. The minimum absolute atomic E-state index is 0.0591. The number of unbranched alkanes of at least 4 members (excludes halogenated alkanes) is 3. The number of carbonyl (C=O) groups excluding carboxylic acids is 1. The molecule has 5 heteroatoms. The first-order valence-corrected chi connectivity index (χ1v) is 10.1. The number of fused-ring (bicyclic) bond motifs is 1. The first kappa shape index (κ1) is 18.9. The summed E-state index contributed by atoms with van der Waals surface area (Å²) < 4.78 is 7.79. The summed E-state index contributed by atoms with van der Waals surface area (Å²) in [7, 11) is 0. The molecule has 1 aliphatic heterocycles. The summed E-state index contributed by atoms with van der Waals surface area (Å²) in [4.78, 5) is 16.7. The molecule has 1 atom stereocenters. The van der Waals surface area contributed by atoms with Gasteiger partial charge in [-0.1, -0.05) is 31.9 Å². The predicted molar refractivity (Wildman–Crippen MR) is 104 cm³/mol. The summed E-state index contributed by atoms with van der Waals surface area (Å²) in [5.41, 5.74) is 2.35. The summed E-state index contributed by atoms with van der Waals surface area (Å²) >= 11 is 0. The lowest BCUT2D eigenvalue weighted by atomic mass is 10.1. The van der Waals surface area contributed by atoms with Gasteiger partial charge in [0.1, 0.15) is 11.9 Å². The third-order valence-corrected chi connectivity index (χ3v) is 5.07. The Morgan fingerprint density at radius 1 is 1.27 bits per heavy atom. The van der Waals surface area contributed by atoms with Crippen molar-refractivity contribution in [2.45, 2.75) is 70.9 Å². The van der Waals surface area contributed by atoms with Gasteiger partial charge in [0.25, 0.3) is 0 Å². The lowest BCUT2D eigenvalue weighted by Gasteiger charge is -2.10. The maximum Gasteiger partial charge on any atom is 0.249 e. The molecular weight excluding hydrogens is 326 g/mol. The van der Waals surface area contributed by atoms with Crippen molar-refractivity contribution in [1.29, 1.82) is 0 Å². The van der Waals surface area contributed by atoms with Gasteiger partial charge in [-0.2, -0.15) is 0 Å². The molecule has 142 valence electrons. The van der Waals surface area contributed by atoms with Crippen LogP contribution < -0.4 is 5.32 Å². The number of aryl methyl sites for hydroxylation is 2. The lowest BCUT2D eigenvalue weighted by Crippen LogP contribution is -2.34. The van der Waals surface area contributed by atoms with E-state index in [0.29, 0.717) is 0 Å². The Morgan fingerprint density at radius 2 is 2.15 bits per heavy atom. The molecule has 5 nitrogen and oxygen atoms in total. The van der Waals surface area contributed by atoms with Gasteiger partial charge in [-0.25, -0.2) is 4.98 Å². The number of rotatable bonds is 10. The monoisotopic (exact) mass is 357 g/mol. The van der Waals surface area contributed by atoms with E-state index in [1.54, 1.807) is 0 Å². The largest absolute Gasteiger partial charge is 0.368 e. The normalized spacial score (nSPS) is 17.0. The number of nitrogens with zero attached hydrogens (tertiary/aromatic N) is 2. The highest BCUT2D eigenvalue weighted by Gasteiger charge is 2.22. The van der Waals surface area contributed by atoms with Gasteiger partial charge in [0.15, 0.2) is 0 Å². The molecule has 1 unspecified atom stereocenters. The Balaban J connectivity index is 1.43. The van der Waals surface area contributed by atoms with Crippen LogP contribution in [0.25, 0.3) is 11.0 Å². The zero-order chi connectivity index (χ0) is 18.2.